The Morgan fingerprint density at radius 1 is 1.13 bits per heavy atom. The van der Waals surface area contributed by atoms with Gasteiger partial charge in [-0.15, -0.1) is 0 Å². The Morgan fingerprint density at radius 3 is 2.78 bits per heavy atom. The predicted molar refractivity (Wildman–Crippen MR) is 91.9 cm³/mol. The second kappa shape index (κ2) is 5.94. The molecule has 4 rings (SSSR count). The van der Waals surface area contributed by atoms with Gasteiger partial charge in [-0.05, 0) is 62.3 Å². The predicted octanol–water partition coefficient (Wildman–Crippen LogP) is 3.13. The second-order valence-corrected chi connectivity index (χ2v) is 7.81. The number of nitrogens with zero attached hydrogens (tertiary/aromatic N) is 1. The van der Waals surface area contributed by atoms with Crippen LogP contribution in [0.2, 0.25) is 0 Å². The normalized spacial score (nSPS) is 37.2. The van der Waals surface area contributed by atoms with E-state index in [1.54, 1.807) is 0 Å². The first-order valence-electron chi connectivity index (χ1n) is 9.31. The van der Waals surface area contributed by atoms with Gasteiger partial charge in [0.15, 0.2) is 0 Å². The largest absolute Gasteiger partial charge is 0.337 e. The molecule has 2 N–H and O–H groups in total. The van der Waals surface area contributed by atoms with E-state index in [1.165, 1.54) is 24.8 Å². The molecule has 0 unspecified atom stereocenters. The zero-order chi connectivity index (χ0) is 15.9. The third kappa shape index (κ3) is 2.50. The smallest absolute Gasteiger partial charge is 0.223 e. The molecule has 3 heteroatoms. The fourth-order valence-electron chi connectivity index (χ4n) is 5.70. The zero-order valence-electron chi connectivity index (χ0n) is 13.9. The van der Waals surface area contributed by atoms with Crippen LogP contribution in [0.4, 0.5) is 0 Å². The minimum Gasteiger partial charge on any atom is -0.337 e. The molecule has 3 fully saturated rings. The Morgan fingerprint density at radius 2 is 1.96 bits per heavy atom. The second-order valence-electron chi connectivity index (χ2n) is 7.81. The molecule has 1 spiro atoms. The highest BCUT2D eigenvalue weighted by Gasteiger charge is 2.55. The van der Waals surface area contributed by atoms with Crippen molar-refractivity contribution in [3.63, 3.8) is 0 Å². The summed E-state index contributed by atoms with van der Waals surface area (Å²) in [6.45, 7) is 0.975. The van der Waals surface area contributed by atoms with Crippen molar-refractivity contribution in [2.75, 3.05) is 6.54 Å². The molecule has 0 bridgehead atoms. The molecule has 3 aliphatic rings. The van der Waals surface area contributed by atoms with Crippen LogP contribution in [0.1, 0.15) is 50.5 Å². The highest BCUT2D eigenvalue weighted by Crippen LogP contribution is 2.51. The summed E-state index contributed by atoms with van der Waals surface area (Å²) in [7, 11) is 0. The molecule has 124 valence electrons. The Balaban J connectivity index is 1.67. The van der Waals surface area contributed by atoms with E-state index in [-0.39, 0.29) is 11.6 Å². The average Bonchev–Trinajstić information content (AvgIpc) is 2.93. The third-order valence-electron chi connectivity index (χ3n) is 6.72. The molecule has 3 nitrogen and oxygen atoms in total. The molecule has 0 radical (unpaired) electrons. The summed E-state index contributed by atoms with van der Waals surface area (Å²) in [5.41, 5.74) is 8.12. The van der Waals surface area contributed by atoms with Gasteiger partial charge < -0.3 is 10.6 Å². The molecular weight excluding hydrogens is 284 g/mol. The van der Waals surface area contributed by atoms with E-state index in [9.17, 15) is 4.79 Å². The van der Waals surface area contributed by atoms with Gasteiger partial charge in [-0.2, -0.15) is 0 Å². The van der Waals surface area contributed by atoms with E-state index in [0.717, 1.165) is 38.6 Å². The Kier molecular flexibility index (Phi) is 3.92. The number of rotatable bonds is 2. The molecule has 2 heterocycles. The summed E-state index contributed by atoms with van der Waals surface area (Å²) in [5, 5.41) is 0. The summed E-state index contributed by atoms with van der Waals surface area (Å²) < 4.78 is 0. The van der Waals surface area contributed by atoms with Crippen molar-refractivity contribution < 1.29 is 4.79 Å². The van der Waals surface area contributed by atoms with Crippen molar-refractivity contribution >= 4 is 5.91 Å². The van der Waals surface area contributed by atoms with Gasteiger partial charge in [0.05, 0.1) is 0 Å². The van der Waals surface area contributed by atoms with Gasteiger partial charge in [0.2, 0.25) is 5.91 Å². The highest BCUT2D eigenvalue weighted by molar-refractivity contribution is 5.78. The van der Waals surface area contributed by atoms with E-state index >= 15 is 0 Å². The number of amides is 1. The maximum Gasteiger partial charge on any atom is 0.223 e. The summed E-state index contributed by atoms with van der Waals surface area (Å²) in [5.74, 6) is 1.50. The van der Waals surface area contributed by atoms with E-state index in [0.29, 0.717) is 17.7 Å². The first kappa shape index (κ1) is 15.2. The van der Waals surface area contributed by atoms with Gasteiger partial charge in [-0.3, -0.25) is 4.79 Å². The lowest BCUT2D eigenvalue weighted by Gasteiger charge is -2.52. The van der Waals surface area contributed by atoms with Crippen molar-refractivity contribution in [1.29, 1.82) is 0 Å². The molecule has 4 atom stereocenters. The van der Waals surface area contributed by atoms with Crippen LogP contribution in [0.5, 0.6) is 0 Å². The molecule has 1 amide bonds. The van der Waals surface area contributed by atoms with Gasteiger partial charge in [-0.1, -0.05) is 30.3 Å². The highest BCUT2D eigenvalue weighted by atomic mass is 16.2. The van der Waals surface area contributed by atoms with E-state index in [1.807, 2.05) is 0 Å². The van der Waals surface area contributed by atoms with Crippen molar-refractivity contribution in [2.45, 2.75) is 62.9 Å². The van der Waals surface area contributed by atoms with Crippen molar-refractivity contribution in [3.8, 4) is 0 Å². The summed E-state index contributed by atoms with van der Waals surface area (Å²) in [6.07, 6.45) is 8.58. The third-order valence-corrected chi connectivity index (χ3v) is 6.72. The van der Waals surface area contributed by atoms with Crippen LogP contribution in [0, 0.1) is 11.8 Å². The number of hydrogen-bond acceptors (Lipinski definition) is 2. The fourth-order valence-corrected chi connectivity index (χ4v) is 5.70. The molecule has 1 saturated carbocycles. The van der Waals surface area contributed by atoms with Crippen LogP contribution in [-0.4, -0.2) is 28.9 Å². The van der Waals surface area contributed by atoms with E-state index < -0.39 is 0 Å². The summed E-state index contributed by atoms with van der Waals surface area (Å²) in [4.78, 5) is 14.9. The Labute approximate surface area is 139 Å². The maximum absolute atomic E-state index is 12.6. The molecular formula is C20H28N2O. The standard InChI is InChI=1S/C20H28N2O/c21-18-10-12-20-11-5-13-22(20)19(23)9-4-8-17(20)16(18)14-15-6-2-1-3-7-15/h1-3,6-7,16-18H,4-5,8-14,21H2/t16-,17+,18+,20-/m0/s1. The molecule has 1 aliphatic carbocycles. The number of benzene rings is 1. The van der Waals surface area contributed by atoms with Gasteiger partial charge in [0.1, 0.15) is 0 Å². The molecule has 1 aromatic rings. The minimum atomic E-state index is 0.128. The van der Waals surface area contributed by atoms with Crippen LogP contribution in [0.3, 0.4) is 0 Å². The SMILES string of the molecule is N[C@@H]1CC[C@]23CCCN2C(=O)CCC[C@@H]3[C@@H]1Cc1ccccc1. The zero-order valence-corrected chi connectivity index (χ0v) is 13.9. The summed E-state index contributed by atoms with van der Waals surface area (Å²) >= 11 is 0. The number of nitrogens with two attached hydrogens (primary N) is 1. The van der Waals surface area contributed by atoms with Crippen molar-refractivity contribution in [3.05, 3.63) is 35.9 Å². The van der Waals surface area contributed by atoms with Crippen LogP contribution in [0.25, 0.3) is 0 Å². The quantitative estimate of drug-likeness (QED) is 0.912. The monoisotopic (exact) mass is 312 g/mol. The Bertz CT molecular complexity index is 572. The first-order valence-corrected chi connectivity index (χ1v) is 9.31. The average molecular weight is 312 g/mol. The lowest BCUT2D eigenvalue weighted by molar-refractivity contribution is -0.138. The molecule has 2 saturated heterocycles. The van der Waals surface area contributed by atoms with Gasteiger partial charge in [0, 0.05) is 24.5 Å². The first-order chi connectivity index (χ1) is 11.2. The lowest BCUT2D eigenvalue weighted by Crippen LogP contribution is -2.59. The molecule has 2 aliphatic heterocycles. The van der Waals surface area contributed by atoms with E-state index in [4.69, 9.17) is 5.73 Å². The van der Waals surface area contributed by atoms with Crippen LogP contribution >= 0.6 is 0 Å². The van der Waals surface area contributed by atoms with E-state index in [2.05, 4.69) is 35.2 Å². The Hall–Kier alpha value is -1.35. The van der Waals surface area contributed by atoms with Gasteiger partial charge in [-0.25, -0.2) is 0 Å². The van der Waals surface area contributed by atoms with Crippen molar-refractivity contribution in [1.82, 2.24) is 4.90 Å². The maximum atomic E-state index is 12.6. The molecule has 0 aromatic heterocycles. The van der Waals surface area contributed by atoms with Crippen LogP contribution in [-0.2, 0) is 11.2 Å². The summed E-state index contributed by atoms with van der Waals surface area (Å²) in [6, 6.07) is 11.1. The molecule has 23 heavy (non-hydrogen) atoms. The minimum absolute atomic E-state index is 0.128. The topological polar surface area (TPSA) is 46.3 Å². The fraction of sp³-hybridized carbons (Fsp3) is 0.650. The van der Waals surface area contributed by atoms with Gasteiger partial charge in [0.25, 0.3) is 0 Å². The van der Waals surface area contributed by atoms with Crippen molar-refractivity contribution in [2.24, 2.45) is 17.6 Å². The van der Waals surface area contributed by atoms with Crippen LogP contribution < -0.4 is 5.73 Å². The lowest BCUT2D eigenvalue weighted by atomic mass is 9.61. The number of hydrogen-bond donors (Lipinski definition) is 1. The number of carbonyl (C=O) groups is 1. The number of carbonyl (C=O) groups excluding carboxylic acids is 1. The van der Waals surface area contributed by atoms with Crippen LogP contribution in [0.15, 0.2) is 30.3 Å². The molecule has 1 aromatic carbocycles. The van der Waals surface area contributed by atoms with Gasteiger partial charge >= 0.3 is 0 Å².